The molecule has 17 heavy (non-hydrogen) atoms. The van der Waals surface area contributed by atoms with E-state index in [1.54, 1.807) is 36.0 Å². The van der Waals surface area contributed by atoms with Gasteiger partial charge in [0.1, 0.15) is 0 Å². The first-order chi connectivity index (χ1) is 8.29. The Labute approximate surface area is 103 Å². The van der Waals surface area contributed by atoms with Crippen molar-refractivity contribution in [1.82, 2.24) is 10.3 Å². The number of hydrogen-bond donors (Lipinski definition) is 1. The van der Waals surface area contributed by atoms with Gasteiger partial charge in [-0.1, -0.05) is 0 Å². The van der Waals surface area contributed by atoms with Gasteiger partial charge in [0.2, 0.25) is 0 Å². The Balaban J connectivity index is 1.97. The standard InChI is InChI=1S/C12H9N3OS/c13-5-9-1-3-10(4-2-9)12(16)15-7-11-6-14-8-17-11/h1-4,6,8H,7H2,(H,15,16). The molecule has 1 aromatic carbocycles. The van der Waals surface area contributed by atoms with Crippen molar-refractivity contribution >= 4 is 17.2 Å². The van der Waals surface area contributed by atoms with Crippen LogP contribution in [0.5, 0.6) is 0 Å². The quantitative estimate of drug-likeness (QED) is 0.896. The first-order valence-electron chi connectivity index (χ1n) is 4.95. The summed E-state index contributed by atoms with van der Waals surface area (Å²) in [6, 6.07) is 8.54. The van der Waals surface area contributed by atoms with E-state index in [9.17, 15) is 4.79 Å². The third kappa shape index (κ3) is 2.89. The van der Waals surface area contributed by atoms with Crippen molar-refractivity contribution in [2.24, 2.45) is 0 Å². The highest BCUT2D eigenvalue weighted by Crippen LogP contribution is 2.06. The molecule has 0 saturated carbocycles. The fourth-order valence-corrected chi connectivity index (χ4v) is 1.83. The maximum atomic E-state index is 11.7. The highest BCUT2D eigenvalue weighted by molar-refractivity contribution is 7.09. The Hall–Kier alpha value is -2.19. The van der Waals surface area contributed by atoms with Crippen molar-refractivity contribution in [3.05, 3.63) is 52.0 Å². The number of benzene rings is 1. The molecule has 2 rings (SSSR count). The normalized spacial score (nSPS) is 9.59. The number of nitriles is 1. The van der Waals surface area contributed by atoms with Crippen LogP contribution in [-0.4, -0.2) is 10.9 Å². The minimum Gasteiger partial charge on any atom is -0.347 e. The Morgan fingerprint density at radius 3 is 2.76 bits per heavy atom. The van der Waals surface area contributed by atoms with Crippen LogP contribution in [0.3, 0.4) is 0 Å². The predicted molar refractivity (Wildman–Crippen MR) is 64.4 cm³/mol. The van der Waals surface area contributed by atoms with Crippen molar-refractivity contribution in [3.63, 3.8) is 0 Å². The largest absolute Gasteiger partial charge is 0.347 e. The molecule has 4 nitrogen and oxygen atoms in total. The monoisotopic (exact) mass is 243 g/mol. The summed E-state index contributed by atoms with van der Waals surface area (Å²) in [5, 5.41) is 11.4. The highest BCUT2D eigenvalue weighted by Gasteiger charge is 2.05. The minimum absolute atomic E-state index is 0.150. The lowest BCUT2D eigenvalue weighted by Crippen LogP contribution is -2.22. The van der Waals surface area contributed by atoms with E-state index in [0.29, 0.717) is 17.7 Å². The van der Waals surface area contributed by atoms with Gasteiger partial charge in [0, 0.05) is 16.6 Å². The SMILES string of the molecule is N#Cc1ccc(C(=O)NCc2cncs2)cc1. The maximum absolute atomic E-state index is 11.7. The van der Waals surface area contributed by atoms with Crippen LogP contribution in [0.1, 0.15) is 20.8 Å². The van der Waals surface area contributed by atoms with Crippen molar-refractivity contribution in [2.75, 3.05) is 0 Å². The topological polar surface area (TPSA) is 65.8 Å². The number of thiazole rings is 1. The highest BCUT2D eigenvalue weighted by atomic mass is 32.1. The molecule has 0 radical (unpaired) electrons. The van der Waals surface area contributed by atoms with Crippen molar-refractivity contribution < 1.29 is 4.79 Å². The lowest BCUT2D eigenvalue weighted by molar-refractivity contribution is 0.0951. The lowest BCUT2D eigenvalue weighted by Gasteiger charge is -2.03. The molecule has 1 amide bonds. The molecule has 0 fully saturated rings. The van der Waals surface area contributed by atoms with Crippen LogP contribution in [0.4, 0.5) is 0 Å². The molecule has 0 bridgehead atoms. The predicted octanol–water partition coefficient (Wildman–Crippen LogP) is 1.94. The summed E-state index contributed by atoms with van der Waals surface area (Å²) in [4.78, 5) is 16.7. The molecule has 0 aliphatic heterocycles. The first-order valence-corrected chi connectivity index (χ1v) is 5.83. The van der Waals surface area contributed by atoms with Crippen molar-refractivity contribution in [3.8, 4) is 6.07 Å². The Morgan fingerprint density at radius 2 is 2.18 bits per heavy atom. The molecule has 1 N–H and O–H groups in total. The van der Waals surface area contributed by atoms with Crippen LogP contribution >= 0.6 is 11.3 Å². The van der Waals surface area contributed by atoms with Crippen molar-refractivity contribution in [2.45, 2.75) is 6.54 Å². The second kappa shape index (κ2) is 5.23. The molecule has 0 unspecified atom stereocenters. The zero-order chi connectivity index (χ0) is 12.1. The van der Waals surface area contributed by atoms with Gasteiger partial charge in [-0.25, -0.2) is 0 Å². The summed E-state index contributed by atoms with van der Waals surface area (Å²) < 4.78 is 0. The van der Waals surface area contributed by atoms with Crippen LogP contribution in [0.15, 0.2) is 36.0 Å². The molecule has 0 aliphatic rings. The third-order valence-electron chi connectivity index (χ3n) is 2.18. The lowest BCUT2D eigenvalue weighted by atomic mass is 10.1. The zero-order valence-corrected chi connectivity index (χ0v) is 9.70. The van der Waals surface area contributed by atoms with E-state index in [1.165, 1.54) is 11.3 Å². The third-order valence-corrected chi connectivity index (χ3v) is 2.96. The molecule has 0 saturated heterocycles. The van der Waals surface area contributed by atoms with E-state index in [2.05, 4.69) is 10.3 Å². The van der Waals surface area contributed by atoms with Gasteiger partial charge in [-0.05, 0) is 24.3 Å². The second-order valence-corrected chi connectivity index (χ2v) is 4.31. The Kier molecular flexibility index (Phi) is 3.48. The van der Waals surface area contributed by atoms with E-state index in [-0.39, 0.29) is 5.91 Å². The van der Waals surface area contributed by atoms with E-state index in [1.807, 2.05) is 6.07 Å². The average Bonchev–Trinajstić information content (AvgIpc) is 2.89. The fraction of sp³-hybridized carbons (Fsp3) is 0.0833. The number of amides is 1. The van der Waals surface area contributed by atoms with Gasteiger partial charge in [-0.3, -0.25) is 9.78 Å². The number of nitrogens with zero attached hydrogens (tertiary/aromatic N) is 2. The smallest absolute Gasteiger partial charge is 0.251 e. The van der Waals surface area contributed by atoms with Gasteiger partial charge in [-0.15, -0.1) is 11.3 Å². The van der Waals surface area contributed by atoms with Crippen molar-refractivity contribution in [1.29, 1.82) is 5.26 Å². The van der Waals surface area contributed by atoms with E-state index in [0.717, 1.165) is 4.88 Å². The molecule has 84 valence electrons. The number of carbonyl (C=O) groups is 1. The van der Waals surface area contributed by atoms with Crippen LogP contribution < -0.4 is 5.32 Å². The zero-order valence-electron chi connectivity index (χ0n) is 8.88. The maximum Gasteiger partial charge on any atom is 0.251 e. The van der Waals surface area contributed by atoms with Gasteiger partial charge in [0.15, 0.2) is 0 Å². The number of hydrogen-bond acceptors (Lipinski definition) is 4. The van der Waals surface area contributed by atoms with Gasteiger partial charge in [0.25, 0.3) is 5.91 Å². The molecule has 1 heterocycles. The molecule has 1 aromatic heterocycles. The van der Waals surface area contributed by atoms with E-state index < -0.39 is 0 Å². The van der Waals surface area contributed by atoms with Crippen LogP contribution in [0.25, 0.3) is 0 Å². The Bertz CT molecular complexity index is 540. The van der Waals surface area contributed by atoms with Gasteiger partial charge < -0.3 is 5.32 Å². The summed E-state index contributed by atoms with van der Waals surface area (Å²) in [6.07, 6.45) is 1.73. The number of aromatic nitrogens is 1. The van der Waals surface area contributed by atoms with Crippen LogP contribution in [0.2, 0.25) is 0 Å². The van der Waals surface area contributed by atoms with Gasteiger partial charge in [0.05, 0.1) is 23.7 Å². The molecule has 0 aliphatic carbocycles. The van der Waals surface area contributed by atoms with E-state index >= 15 is 0 Å². The summed E-state index contributed by atoms with van der Waals surface area (Å²) in [5.74, 6) is -0.150. The molecule has 2 aromatic rings. The molecule has 0 spiro atoms. The summed E-state index contributed by atoms with van der Waals surface area (Å²) in [7, 11) is 0. The van der Waals surface area contributed by atoms with E-state index in [4.69, 9.17) is 5.26 Å². The van der Waals surface area contributed by atoms with Gasteiger partial charge in [-0.2, -0.15) is 5.26 Å². The van der Waals surface area contributed by atoms with Crippen LogP contribution in [-0.2, 0) is 6.54 Å². The molecular weight excluding hydrogens is 234 g/mol. The molecular formula is C12H9N3OS. The first kappa shape index (κ1) is 11.3. The summed E-state index contributed by atoms with van der Waals surface area (Å²) in [5.41, 5.74) is 2.82. The fourth-order valence-electron chi connectivity index (χ4n) is 1.30. The molecule has 5 heteroatoms. The molecule has 0 atom stereocenters. The van der Waals surface area contributed by atoms with Crippen LogP contribution in [0, 0.1) is 11.3 Å². The average molecular weight is 243 g/mol. The van der Waals surface area contributed by atoms with Gasteiger partial charge >= 0.3 is 0 Å². The number of nitrogens with one attached hydrogen (secondary N) is 1. The summed E-state index contributed by atoms with van der Waals surface area (Å²) >= 11 is 1.50. The number of carbonyl (C=O) groups excluding carboxylic acids is 1. The Morgan fingerprint density at radius 1 is 1.41 bits per heavy atom. The minimum atomic E-state index is -0.150. The summed E-state index contributed by atoms with van der Waals surface area (Å²) in [6.45, 7) is 0.476. The second-order valence-electron chi connectivity index (χ2n) is 3.34. The number of rotatable bonds is 3.